The molecule has 8 heteroatoms. The van der Waals surface area contributed by atoms with E-state index in [9.17, 15) is 18.0 Å². The lowest BCUT2D eigenvalue weighted by atomic mass is 10.1. The summed E-state index contributed by atoms with van der Waals surface area (Å²) in [4.78, 5) is 14.3. The van der Waals surface area contributed by atoms with E-state index in [1.165, 1.54) is 19.2 Å². The summed E-state index contributed by atoms with van der Waals surface area (Å²) in [7, 11) is 1.35. The van der Waals surface area contributed by atoms with Crippen molar-refractivity contribution < 1.29 is 22.7 Å². The number of carbonyl (C=O) groups excluding carboxylic acids is 1. The smallest absolute Gasteiger partial charge is 0.433 e. The van der Waals surface area contributed by atoms with Gasteiger partial charge in [-0.3, -0.25) is 0 Å². The van der Waals surface area contributed by atoms with Gasteiger partial charge in [0.25, 0.3) is 0 Å². The highest BCUT2D eigenvalue weighted by atomic mass is 32.1. The first kappa shape index (κ1) is 16.2. The van der Waals surface area contributed by atoms with Crippen LogP contribution in [0.25, 0.3) is 10.9 Å². The maximum atomic E-state index is 12.8. The molecule has 0 radical (unpaired) electrons. The fraction of sp³-hybridized carbons (Fsp3) is 0.214. The number of nitrogens with one attached hydrogen (secondary N) is 1. The zero-order valence-electron chi connectivity index (χ0n) is 11.4. The van der Waals surface area contributed by atoms with Crippen molar-refractivity contribution in [1.82, 2.24) is 10.3 Å². The summed E-state index contributed by atoms with van der Waals surface area (Å²) in [6.45, 7) is 0.0143. The molecule has 1 aromatic heterocycles. The minimum Gasteiger partial charge on any atom is -0.494 e. The number of aldehydes is 1. The first-order chi connectivity index (χ1) is 10.4. The Balaban J connectivity index is 2.62. The molecule has 0 aliphatic carbocycles. The number of rotatable bonds is 4. The lowest BCUT2D eigenvalue weighted by Gasteiger charge is -2.13. The highest BCUT2D eigenvalue weighted by Crippen LogP contribution is 2.33. The van der Waals surface area contributed by atoms with E-state index < -0.39 is 11.9 Å². The predicted molar refractivity (Wildman–Crippen MR) is 79.1 cm³/mol. The number of halogens is 3. The Labute approximate surface area is 129 Å². The average molecular weight is 328 g/mol. The molecule has 0 spiro atoms. The number of pyridine rings is 1. The maximum Gasteiger partial charge on any atom is 0.433 e. The van der Waals surface area contributed by atoms with E-state index in [2.05, 4.69) is 10.3 Å². The van der Waals surface area contributed by atoms with Crippen LogP contribution in [-0.4, -0.2) is 29.9 Å². The Bertz CT molecular complexity index is 732. The van der Waals surface area contributed by atoms with Crippen molar-refractivity contribution in [3.63, 3.8) is 0 Å². The SMILES string of the molecule is COc1ccc(C(=S)NCC=O)c2ccc(C(F)(F)F)nc12. The zero-order valence-corrected chi connectivity index (χ0v) is 12.2. The summed E-state index contributed by atoms with van der Waals surface area (Å²) < 4.78 is 43.5. The Kier molecular flexibility index (Phi) is 4.60. The van der Waals surface area contributed by atoms with Gasteiger partial charge in [0.2, 0.25) is 0 Å². The van der Waals surface area contributed by atoms with Crippen molar-refractivity contribution in [3.05, 3.63) is 35.5 Å². The third-order valence-electron chi connectivity index (χ3n) is 2.92. The number of carbonyl (C=O) groups is 1. The molecule has 0 atom stereocenters. The number of fused-ring (bicyclic) bond motifs is 1. The van der Waals surface area contributed by atoms with Crippen LogP contribution in [0.3, 0.4) is 0 Å². The molecule has 1 heterocycles. The summed E-state index contributed by atoms with van der Waals surface area (Å²) in [6.07, 6.45) is -3.91. The molecule has 1 aromatic carbocycles. The van der Waals surface area contributed by atoms with Crippen LogP contribution in [-0.2, 0) is 11.0 Å². The monoisotopic (exact) mass is 328 g/mol. The van der Waals surface area contributed by atoms with Crippen molar-refractivity contribution in [3.8, 4) is 5.75 Å². The fourth-order valence-corrected chi connectivity index (χ4v) is 2.20. The lowest BCUT2D eigenvalue weighted by molar-refractivity contribution is -0.141. The van der Waals surface area contributed by atoms with Gasteiger partial charge >= 0.3 is 6.18 Å². The molecule has 0 saturated carbocycles. The highest BCUT2D eigenvalue weighted by molar-refractivity contribution is 7.80. The number of methoxy groups -OCH3 is 1. The van der Waals surface area contributed by atoms with Crippen LogP contribution < -0.4 is 10.1 Å². The van der Waals surface area contributed by atoms with Crippen LogP contribution in [0.4, 0.5) is 13.2 Å². The van der Waals surface area contributed by atoms with Gasteiger partial charge in [-0.2, -0.15) is 13.2 Å². The molecule has 0 saturated heterocycles. The second-order valence-electron chi connectivity index (χ2n) is 4.28. The number of benzene rings is 1. The molecule has 0 amide bonds. The summed E-state index contributed by atoms with van der Waals surface area (Å²) >= 11 is 5.14. The van der Waals surface area contributed by atoms with Crippen molar-refractivity contribution >= 4 is 34.4 Å². The number of aromatic nitrogens is 1. The predicted octanol–water partition coefficient (Wildman–Crippen LogP) is 2.73. The third kappa shape index (κ3) is 3.16. The normalized spacial score (nSPS) is 11.3. The minimum absolute atomic E-state index is 0.0143. The Morgan fingerprint density at radius 2 is 2.09 bits per heavy atom. The van der Waals surface area contributed by atoms with E-state index in [0.717, 1.165) is 6.07 Å². The molecule has 4 nitrogen and oxygen atoms in total. The molecule has 2 rings (SSSR count). The second kappa shape index (κ2) is 6.27. The van der Waals surface area contributed by atoms with Crippen LogP contribution in [0.15, 0.2) is 24.3 Å². The first-order valence-electron chi connectivity index (χ1n) is 6.15. The van der Waals surface area contributed by atoms with E-state index in [1.807, 2.05) is 0 Å². The number of nitrogens with zero attached hydrogens (tertiary/aromatic N) is 1. The Hall–Kier alpha value is -2.22. The molecule has 2 aromatic rings. The number of thiocarbonyl (C=S) groups is 1. The standard InChI is InChI=1S/C14H11F3N2O2S/c1-21-10-4-2-9(13(22)18-6-7-20)8-3-5-11(14(15,16)17)19-12(8)10/h2-5,7H,6H2,1H3,(H,18,22). The molecule has 1 N–H and O–H groups in total. The van der Waals surface area contributed by atoms with Crippen LogP contribution >= 0.6 is 12.2 Å². The van der Waals surface area contributed by atoms with Gasteiger partial charge in [-0.1, -0.05) is 12.2 Å². The molecule has 22 heavy (non-hydrogen) atoms. The molecule has 0 fully saturated rings. The van der Waals surface area contributed by atoms with Gasteiger partial charge in [0.15, 0.2) is 0 Å². The average Bonchev–Trinajstić information content (AvgIpc) is 2.50. The molecule has 0 bridgehead atoms. The van der Waals surface area contributed by atoms with Crippen LogP contribution in [0.1, 0.15) is 11.3 Å². The van der Waals surface area contributed by atoms with E-state index in [1.54, 1.807) is 6.07 Å². The number of hydrogen-bond acceptors (Lipinski definition) is 4. The second-order valence-corrected chi connectivity index (χ2v) is 4.69. The Morgan fingerprint density at radius 1 is 1.36 bits per heavy atom. The molecule has 0 aliphatic rings. The van der Waals surface area contributed by atoms with Gasteiger partial charge in [-0.05, 0) is 24.3 Å². The van der Waals surface area contributed by atoms with E-state index in [-0.39, 0.29) is 22.8 Å². The van der Waals surface area contributed by atoms with E-state index in [0.29, 0.717) is 17.2 Å². The molecule has 116 valence electrons. The summed E-state index contributed by atoms with van der Waals surface area (Å²) in [5.74, 6) is 0.211. The zero-order chi connectivity index (χ0) is 16.3. The molecular weight excluding hydrogens is 317 g/mol. The Morgan fingerprint density at radius 3 is 2.68 bits per heavy atom. The lowest BCUT2D eigenvalue weighted by Crippen LogP contribution is -2.24. The van der Waals surface area contributed by atoms with Crippen molar-refractivity contribution in [2.24, 2.45) is 0 Å². The van der Waals surface area contributed by atoms with E-state index >= 15 is 0 Å². The molecule has 0 unspecified atom stereocenters. The molecule has 0 aliphatic heterocycles. The van der Waals surface area contributed by atoms with Crippen molar-refractivity contribution in [2.45, 2.75) is 6.18 Å². The van der Waals surface area contributed by atoms with Crippen molar-refractivity contribution in [2.75, 3.05) is 13.7 Å². The van der Waals surface area contributed by atoms with Crippen molar-refractivity contribution in [1.29, 1.82) is 0 Å². The van der Waals surface area contributed by atoms with Gasteiger partial charge < -0.3 is 14.8 Å². The summed E-state index contributed by atoms with van der Waals surface area (Å²) in [6, 6.07) is 5.27. The fourth-order valence-electron chi connectivity index (χ4n) is 1.94. The number of ether oxygens (including phenoxy) is 1. The van der Waals surface area contributed by atoms with Crippen LogP contribution in [0.5, 0.6) is 5.75 Å². The topological polar surface area (TPSA) is 51.2 Å². The van der Waals surface area contributed by atoms with Gasteiger partial charge in [0, 0.05) is 10.9 Å². The first-order valence-corrected chi connectivity index (χ1v) is 6.56. The summed E-state index contributed by atoms with van der Waals surface area (Å²) in [5, 5.41) is 3.11. The largest absolute Gasteiger partial charge is 0.494 e. The van der Waals surface area contributed by atoms with Crippen LogP contribution in [0.2, 0.25) is 0 Å². The van der Waals surface area contributed by atoms with Crippen LogP contribution in [0, 0.1) is 0 Å². The van der Waals surface area contributed by atoms with Gasteiger partial charge in [0.1, 0.15) is 28.2 Å². The summed E-state index contributed by atoms with van der Waals surface area (Å²) in [5.41, 5.74) is -0.471. The highest BCUT2D eigenvalue weighted by Gasteiger charge is 2.33. The maximum absolute atomic E-state index is 12.8. The number of alkyl halides is 3. The van der Waals surface area contributed by atoms with Gasteiger partial charge in [-0.15, -0.1) is 0 Å². The molecular formula is C14H11F3N2O2S. The quantitative estimate of drug-likeness (QED) is 0.691. The van der Waals surface area contributed by atoms with E-state index in [4.69, 9.17) is 17.0 Å². The van der Waals surface area contributed by atoms with Gasteiger partial charge in [-0.25, -0.2) is 4.98 Å². The van der Waals surface area contributed by atoms with Gasteiger partial charge in [0.05, 0.1) is 13.7 Å². The minimum atomic E-state index is -4.55. The number of hydrogen-bond donors (Lipinski definition) is 1. The third-order valence-corrected chi connectivity index (χ3v) is 3.29.